The van der Waals surface area contributed by atoms with Crippen LogP contribution in [0.25, 0.3) is 22.3 Å². The third kappa shape index (κ3) is 3.07. The molecule has 2 unspecified atom stereocenters. The SMILES string of the molecule is COc1ncc2nccc(-c3[nH]c4c(c3Nc3cccc(Cl)c3OC)C(=O)NC3CCC43)c2n1. The van der Waals surface area contributed by atoms with E-state index in [4.69, 9.17) is 21.1 Å². The van der Waals surface area contributed by atoms with Gasteiger partial charge in [0.2, 0.25) is 0 Å². The molecule has 34 heavy (non-hydrogen) atoms. The topological polar surface area (TPSA) is 114 Å². The average molecular weight is 477 g/mol. The van der Waals surface area contributed by atoms with Crippen molar-refractivity contribution < 1.29 is 14.3 Å². The predicted molar refractivity (Wildman–Crippen MR) is 128 cm³/mol. The molecule has 1 saturated carbocycles. The van der Waals surface area contributed by atoms with E-state index in [1.807, 2.05) is 18.2 Å². The van der Waals surface area contributed by atoms with Crippen LogP contribution in [-0.2, 0) is 0 Å². The molecular formula is C24H21ClN6O3. The van der Waals surface area contributed by atoms with Crippen molar-refractivity contribution in [2.75, 3.05) is 19.5 Å². The van der Waals surface area contributed by atoms with E-state index in [1.54, 1.807) is 25.6 Å². The number of hydrogen-bond donors (Lipinski definition) is 3. The number of nitrogens with zero attached hydrogens (tertiary/aromatic N) is 3. The number of carbonyl (C=O) groups excluding carboxylic acids is 1. The second-order valence-corrected chi connectivity index (χ2v) is 8.73. The van der Waals surface area contributed by atoms with Gasteiger partial charge in [-0.2, -0.15) is 4.98 Å². The third-order valence-electron chi connectivity index (χ3n) is 6.56. The highest BCUT2D eigenvalue weighted by Crippen LogP contribution is 2.48. The van der Waals surface area contributed by atoms with E-state index in [0.29, 0.717) is 38.7 Å². The number of rotatable bonds is 5. The molecule has 0 spiro atoms. The van der Waals surface area contributed by atoms with Crippen LogP contribution in [0.15, 0.2) is 36.7 Å². The zero-order valence-electron chi connectivity index (χ0n) is 18.5. The minimum absolute atomic E-state index is 0.118. The van der Waals surface area contributed by atoms with E-state index in [2.05, 4.69) is 30.6 Å². The Morgan fingerprint density at radius 3 is 2.79 bits per heavy atom. The largest absolute Gasteiger partial charge is 0.493 e. The van der Waals surface area contributed by atoms with Crippen molar-refractivity contribution in [2.45, 2.75) is 24.8 Å². The van der Waals surface area contributed by atoms with Gasteiger partial charge in [0.25, 0.3) is 5.91 Å². The van der Waals surface area contributed by atoms with Gasteiger partial charge in [-0.1, -0.05) is 17.7 Å². The van der Waals surface area contributed by atoms with Crippen molar-refractivity contribution in [3.8, 4) is 23.0 Å². The first kappa shape index (κ1) is 20.7. The fourth-order valence-corrected chi connectivity index (χ4v) is 5.04. The second kappa shape index (κ2) is 7.88. The zero-order chi connectivity index (χ0) is 23.4. The quantitative estimate of drug-likeness (QED) is 0.390. The minimum atomic E-state index is -0.118. The van der Waals surface area contributed by atoms with E-state index < -0.39 is 0 Å². The molecule has 1 aliphatic heterocycles. The molecule has 10 heteroatoms. The van der Waals surface area contributed by atoms with Gasteiger partial charge in [-0.25, -0.2) is 4.98 Å². The summed E-state index contributed by atoms with van der Waals surface area (Å²) in [6.45, 7) is 0. The Balaban J connectivity index is 1.60. The number of aromatic amines is 1. The number of fused-ring (bicyclic) bond motifs is 4. The van der Waals surface area contributed by atoms with Gasteiger partial charge >= 0.3 is 6.01 Å². The molecule has 4 aromatic rings. The molecule has 172 valence electrons. The molecule has 2 aliphatic rings. The number of pyridine rings is 1. The van der Waals surface area contributed by atoms with Gasteiger partial charge in [0, 0.05) is 29.4 Å². The molecule has 0 bridgehead atoms. The number of H-pyrrole nitrogens is 1. The van der Waals surface area contributed by atoms with Gasteiger partial charge in [0.05, 0.1) is 48.1 Å². The Kier molecular flexibility index (Phi) is 4.80. The highest BCUT2D eigenvalue weighted by Gasteiger charge is 2.43. The normalized spacial score (nSPS) is 18.5. The maximum absolute atomic E-state index is 13.2. The van der Waals surface area contributed by atoms with Gasteiger partial charge < -0.3 is 25.1 Å². The first-order chi connectivity index (χ1) is 16.6. The monoisotopic (exact) mass is 476 g/mol. The van der Waals surface area contributed by atoms with Crippen LogP contribution in [0.3, 0.4) is 0 Å². The van der Waals surface area contributed by atoms with E-state index in [9.17, 15) is 4.79 Å². The van der Waals surface area contributed by atoms with E-state index in [-0.39, 0.29) is 23.9 Å². The Morgan fingerprint density at radius 1 is 1.15 bits per heavy atom. The summed E-state index contributed by atoms with van der Waals surface area (Å²) in [6.07, 6.45) is 5.29. The summed E-state index contributed by atoms with van der Waals surface area (Å²) >= 11 is 6.37. The molecule has 1 aliphatic carbocycles. The van der Waals surface area contributed by atoms with Gasteiger partial charge in [0.1, 0.15) is 11.0 Å². The summed E-state index contributed by atoms with van der Waals surface area (Å²) in [4.78, 5) is 29.9. The number of nitrogens with one attached hydrogen (secondary N) is 3. The molecule has 1 fully saturated rings. The smallest absolute Gasteiger partial charge is 0.316 e. The molecule has 6 rings (SSSR count). The van der Waals surface area contributed by atoms with Crippen LogP contribution in [0.2, 0.25) is 5.02 Å². The van der Waals surface area contributed by atoms with E-state index >= 15 is 0 Å². The van der Waals surface area contributed by atoms with Gasteiger partial charge in [-0.3, -0.25) is 9.78 Å². The van der Waals surface area contributed by atoms with Crippen LogP contribution in [0.4, 0.5) is 11.4 Å². The standard InChI is InChI=1S/C24H21ClN6O3/c1-33-22-13(25)4-3-5-15(22)28-21-17-19(11-6-7-14(11)29-23(17)32)30-20(21)12-8-9-26-16-10-27-24(34-2)31-18(12)16/h3-5,8-11,14,28,30H,6-7H2,1-2H3,(H,29,32). The van der Waals surface area contributed by atoms with Gasteiger partial charge in [-0.05, 0) is 31.0 Å². The number of methoxy groups -OCH3 is 2. The lowest BCUT2D eigenvalue weighted by Crippen LogP contribution is -2.49. The highest BCUT2D eigenvalue weighted by molar-refractivity contribution is 6.32. The molecule has 1 aromatic carbocycles. The summed E-state index contributed by atoms with van der Waals surface area (Å²) in [5, 5.41) is 7.04. The number of hydrogen-bond acceptors (Lipinski definition) is 7. The van der Waals surface area contributed by atoms with E-state index in [1.165, 1.54) is 7.11 Å². The fraction of sp³-hybridized carbons (Fsp3) is 0.250. The predicted octanol–water partition coefficient (Wildman–Crippen LogP) is 4.42. The lowest BCUT2D eigenvalue weighted by molar-refractivity contribution is 0.0878. The average Bonchev–Trinajstić information content (AvgIpc) is 3.19. The van der Waals surface area contributed by atoms with Crippen molar-refractivity contribution in [3.05, 3.63) is 52.9 Å². The molecular weight excluding hydrogens is 456 g/mol. The molecule has 4 heterocycles. The van der Waals surface area contributed by atoms with Crippen LogP contribution >= 0.6 is 11.6 Å². The van der Waals surface area contributed by atoms with Crippen LogP contribution in [0.1, 0.15) is 34.8 Å². The Hall–Kier alpha value is -3.85. The van der Waals surface area contributed by atoms with Crippen LogP contribution in [0.5, 0.6) is 11.8 Å². The van der Waals surface area contributed by atoms with Crippen LogP contribution < -0.4 is 20.1 Å². The fourth-order valence-electron chi connectivity index (χ4n) is 4.79. The summed E-state index contributed by atoms with van der Waals surface area (Å²) in [7, 11) is 3.08. The zero-order valence-corrected chi connectivity index (χ0v) is 19.2. The minimum Gasteiger partial charge on any atom is -0.493 e. The Bertz CT molecular complexity index is 1450. The Labute approximate surface area is 199 Å². The number of para-hydroxylation sites is 1. The molecule has 0 radical (unpaired) electrons. The molecule has 0 saturated heterocycles. The Morgan fingerprint density at radius 2 is 2.03 bits per heavy atom. The summed E-state index contributed by atoms with van der Waals surface area (Å²) in [5.74, 6) is 0.611. The maximum atomic E-state index is 13.2. The van der Waals surface area contributed by atoms with Crippen molar-refractivity contribution >= 4 is 39.9 Å². The molecule has 1 amide bonds. The summed E-state index contributed by atoms with van der Waals surface area (Å²) < 4.78 is 10.8. The van der Waals surface area contributed by atoms with Crippen molar-refractivity contribution in [3.63, 3.8) is 0 Å². The number of anilines is 2. The third-order valence-corrected chi connectivity index (χ3v) is 6.86. The highest BCUT2D eigenvalue weighted by atomic mass is 35.5. The van der Waals surface area contributed by atoms with Crippen molar-refractivity contribution in [1.82, 2.24) is 25.3 Å². The van der Waals surface area contributed by atoms with Crippen LogP contribution in [-0.4, -0.2) is 46.1 Å². The number of amides is 1. The number of halogens is 1. The lowest BCUT2D eigenvalue weighted by Gasteiger charge is -2.40. The number of carbonyl (C=O) groups is 1. The molecule has 2 atom stereocenters. The number of aromatic nitrogens is 4. The van der Waals surface area contributed by atoms with Crippen LogP contribution in [0, 0.1) is 0 Å². The van der Waals surface area contributed by atoms with Crippen molar-refractivity contribution in [2.24, 2.45) is 0 Å². The first-order valence-corrected chi connectivity index (χ1v) is 11.3. The second-order valence-electron chi connectivity index (χ2n) is 8.32. The van der Waals surface area contributed by atoms with Gasteiger partial charge in [0.15, 0.2) is 5.75 Å². The summed E-state index contributed by atoms with van der Waals surface area (Å²) in [6, 6.07) is 7.69. The summed E-state index contributed by atoms with van der Waals surface area (Å²) in [5.41, 5.74) is 5.50. The van der Waals surface area contributed by atoms with E-state index in [0.717, 1.165) is 29.8 Å². The molecule has 9 nitrogen and oxygen atoms in total. The number of benzene rings is 1. The molecule has 3 N–H and O–H groups in total. The maximum Gasteiger partial charge on any atom is 0.316 e. The lowest BCUT2D eigenvalue weighted by atomic mass is 9.74. The van der Waals surface area contributed by atoms with Gasteiger partial charge in [-0.15, -0.1) is 0 Å². The first-order valence-electron chi connectivity index (χ1n) is 10.9. The number of ether oxygens (including phenoxy) is 2. The molecule has 3 aromatic heterocycles. The van der Waals surface area contributed by atoms with Crippen molar-refractivity contribution in [1.29, 1.82) is 0 Å².